The summed E-state index contributed by atoms with van der Waals surface area (Å²) in [5.74, 6) is 1.02. The van der Waals surface area contributed by atoms with Crippen molar-refractivity contribution < 1.29 is 0 Å². The van der Waals surface area contributed by atoms with Gasteiger partial charge in [0, 0.05) is 11.8 Å². The average molecular weight is 290 g/mol. The predicted octanol–water partition coefficient (Wildman–Crippen LogP) is 5.08. The van der Waals surface area contributed by atoms with Crippen molar-refractivity contribution in [3.05, 3.63) is 70.7 Å². The second-order valence-electron chi connectivity index (χ2n) is 6.10. The summed E-state index contributed by atoms with van der Waals surface area (Å²) in [5.41, 5.74) is 8.58. The number of benzene rings is 2. The van der Waals surface area contributed by atoms with Crippen molar-refractivity contribution in [2.45, 2.75) is 34.6 Å². The molecule has 0 aliphatic carbocycles. The maximum Gasteiger partial charge on any atom is 0.110 e. The third kappa shape index (κ3) is 2.45. The molecule has 3 rings (SSSR count). The topological polar surface area (TPSA) is 17.8 Å². The smallest absolute Gasteiger partial charge is 0.110 e. The lowest BCUT2D eigenvalue weighted by atomic mass is 10.0. The summed E-state index contributed by atoms with van der Waals surface area (Å²) >= 11 is 0. The number of para-hydroxylation sites is 1. The highest BCUT2D eigenvalue weighted by molar-refractivity contribution is 5.65. The van der Waals surface area contributed by atoms with Crippen LogP contribution in [0.4, 0.5) is 0 Å². The van der Waals surface area contributed by atoms with Gasteiger partial charge in [0.25, 0.3) is 0 Å². The van der Waals surface area contributed by atoms with E-state index >= 15 is 0 Å². The Morgan fingerprint density at radius 2 is 1.50 bits per heavy atom. The van der Waals surface area contributed by atoms with Crippen LogP contribution in [0.15, 0.2) is 42.6 Å². The lowest BCUT2D eigenvalue weighted by Crippen LogP contribution is -2.00. The van der Waals surface area contributed by atoms with Crippen molar-refractivity contribution in [3.63, 3.8) is 0 Å². The Bertz CT molecular complexity index is 821. The van der Waals surface area contributed by atoms with Crippen molar-refractivity contribution in [1.82, 2.24) is 9.55 Å². The number of aryl methyl sites for hydroxylation is 5. The van der Waals surface area contributed by atoms with Gasteiger partial charge in [0.1, 0.15) is 5.82 Å². The van der Waals surface area contributed by atoms with Gasteiger partial charge in [0.05, 0.1) is 11.4 Å². The minimum Gasteiger partial charge on any atom is -0.303 e. The molecular formula is C20H22N2. The van der Waals surface area contributed by atoms with E-state index in [1.54, 1.807) is 0 Å². The monoisotopic (exact) mass is 290 g/mol. The zero-order chi connectivity index (χ0) is 15.9. The minimum atomic E-state index is 1.02. The lowest BCUT2D eigenvalue weighted by molar-refractivity contribution is 0.954. The van der Waals surface area contributed by atoms with Gasteiger partial charge in [-0.05, 0) is 51.3 Å². The van der Waals surface area contributed by atoms with Crippen LogP contribution in [-0.2, 0) is 0 Å². The molecule has 0 bridgehead atoms. The van der Waals surface area contributed by atoms with Gasteiger partial charge in [-0.2, -0.15) is 0 Å². The fourth-order valence-electron chi connectivity index (χ4n) is 3.12. The molecule has 2 nitrogen and oxygen atoms in total. The number of hydrogen-bond donors (Lipinski definition) is 0. The summed E-state index contributed by atoms with van der Waals surface area (Å²) in [7, 11) is 0. The van der Waals surface area contributed by atoms with Gasteiger partial charge in [-0.25, -0.2) is 4.98 Å². The van der Waals surface area contributed by atoms with E-state index in [0.717, 1.165) is 11.5 Å². The number of aromatic nitrogens is 2. The summed E-state index contributed by atoms with van der Waals surface area (Å²) < 4.78 is 2.21. The molecule has 0 atom stereocenters. The second kappa shape index (κ2) is 5.45. The third-order valence-corrected chi connectivity index (χ3v) is 4.22. The molecule has 2 heteroatoms. The van der Waals surface area contributed by atoms with E-state index in [0.29, 0.717) is 0 Å². The van der Waals surface area contributed by atoms with E-state index < -0.39 is 0 Å². The molecule has 0 saturated heterocycles. The summed E-state index contributed by atoms with van der Waals surface area (Å²) in [4.78, 5) is 4.79. The van der Waals surface area contributed by atoms with E-state index in [9.17, 15) is 0 Å². The van der Waals surface area contributed by atoms with Crippen LogP contribution < -0.4 is 0 Å². The van der Waals surface area contributed by atoms with Crippen molar-refractivity contribution in [3.8, 4) is 16.9 Å². The van der Waals surface area contributed by atoms with Crippen LogP contribution in [0, 0.1) is 34.6 Å². The first-order valence-electron chi connectivity index (χ1n) is 7.67. The molecule has 0 amide bonds. The Labute approximate surface area is 132 Å². The standard InChI is InChI=1S/C20H22N2/c1-13-9-10-18(16(4)11-13)19-12-22(17(5)21-19)20-14(2)7-6-8-15(20)3/h6-12H,1-5H3. The second-order valence-corrected chi connectivity index (χ2v) is 6.10. The Morgan fingerprint density at radius 3 is 2.14 bits per heavy atom. The normalized spacial score (nSPS) is 11.0. The largest absolute Gasteiger partial charge is 0.303 e. The first-order valence-corrected chi connectivity index (χ1v) is 7.67. The van der Waals surface area contributed by atoms with Crippen LogP contribution >= 0.6 is 0 Å². The van der Waals surface area contributed by atoms with Gasteiger partial charge in [-0.15, -0.1) is 0 Å². The fourth-order valence-corrected chi connectivity index (χ4v) is 3.12. The maximum absolute atomic E-state index is 4.79. The summed E-state index contributed by atoms with van der Waals surface area (Å²) in [6, 6.07) is 12.9. The number of rotatable bonds is 2. The zero-order valence-corrected chi connectivity index (χ0v) is 13.9. The number of imidazole rings is 1. The van der Waals surface area contributed by atoms with Crippen LogP contribution in [0.1, 0.15) is 28.1 Å². The van der Waals surface area contributed by atoms with Crippen molar-refractivity contribution in [2.75, 3.05) is 0 Å². The highest BCUT2D eigenvalue weighted by atomic mass is 15.1. The molecule has 22 heavy (non-hydrogen) atoms. The van der Waals surface area contributed by atoms with E-state index in [4.69, 9.17) is 4.98 Å². The molecule has 0 unspecified atom stereocenters. The van der Waals surface area contributed by atoms with Crippen LogP contribution in [0.3, 0.4) is 0 Å². The molecule has 0 aliphatic rings. The Hall–Kier alpha value is -2.35. The average Bonchev–Trinajstić information content (AvgIpc) is 2.80. The Kier molecular flexibility index (Phi) is 3.61. The first-order chi connectivity index (χ1) is 10.5. The van der Waals surface area contributed by atoms with Crippen molar-refractivity contribution >= 4 is 0 Å². The van der Waals surface area contributed by atoms with Crippen LogP contribution in [-0.4, -0.2) is 9.55 Å². The summed E-state index contributed by atoms with van der Waals surface area (Å²) in [5, 5.41) is 0. The van der Waals surface area contributed by atoms with Gasteiger partial charge in [-0.1, -0.05) is 42.0 Å². The van der Waals surface area contributed by atoms with Gasteiger partial charge in [0.2, 0.25) is 0 Å². The third-order valence-electron chi connectivity index (χ3n) is 4.22. The molecular weight excluding hydrogens is 268 g/mol. The van der Waals surface area contributed by atoms with E-state index in [1.807, 2.05) is 0 Å². The Morgan fingerprint density at radius 1 is 0.818 bits per heavy atom. The van der Waals surface area contributed by atoms with E-state index in [-0.39, 0.29) is 0 Å². The van der Waals surface area contributed by atoms with Crippen LogP contribution in [0.25, 0.3) is 16.9 Å². The molecule has 0 fully saturated rings. The molecule has 0 radical (unpaired) electrons. The minimum absolute atomic E-state index is 1.02. The Balaban J connectivity index is 2.16. The highest BCUT2D eigenvalue weighted by Gasteiger charge is 2.12. The molecule has 0 spiro atoms. The van der Waals surface area contributed by atoms with Gasteiger partial charge < -0.3 is 4.57 Å². The molecule has 1 heterocycles. The van der Waals surface area contributed by atoms with Crippen LogP contribution in [0.5, 0.6) is 0 Å². The number of nitrogens with zero attached hydrogens (tertiary/aromatic N) is 2. The highest BCUT2D eigenvalue weighted by Crippen LogP contribution is 2.27. The molecule has 2 aromatic carbocycles. The maximum atomic E-state index is 4.79. The van der Waals surface area contributed by atoms with Crippen LogP contribution in [0.2, 0.25) is 0 Å². The fraction of sp³-hybridized carbons (Fsp3) is 0.250. The first kappa shape index (κ1) is 14.6. The summed E-state index contributed by atoms with van der Waals surface area (Å²) in [6.07, 6.45) is 2.16. The SMILES string of the molecule is Cc1ccc(-c2cn(-c3c(C)cccc3C)c(C)n2)c(C)c1. The number of hydrogen-bond acceptors (Lipinski definition) is 1. The molecule has 0 N–H and O–H groups in total. The van der Waals surface area contributed by atoms with Gasteiger partial charge in [0.15, 0.2) is 0 Å². The van der Waals surface area contributed by atoms with Crippen molar-refractivity contribution in [2.24, 2.45) is 0 Å². The van der Waals surface area contributed by atoms with Gasteiger partial charge in [-0.3, -0.25) is 0 Å². The molecule has 0 saturated carbocycles. The van der Waals surface area contributed by atoms with E-state index in [2.05, 4.69) is 81.8 Å². The van der Waals surface area contributed by atoms with Gasteiger partial charge >= 0.3 is 0 Å². The van der Waals surface area contributed by atoms with Crippen molar-refractivity contribution in [1.29, 1.82) is 0 Å². The quantitative estimate of drug-likeness (QED) is 0.643. The molecule has 112 valence electrons. The molecule has 0 aliphatic heterocycles. The lowest BCUT2D eigenvalue weighted by Gasteiger charge is -2.11. The van der Waals surface area contributed by atoms with E-state index in [1.165, 1.54) is 33.5 Å². The molecule has 1 aromatic heterocycles. The zero-order valence-electron chi connectivity index (χ0n) is 13.9. The summed E-state index contributed by atoms with van der Waals surface area (Å²) in [6.45, 7) is 10.6. The predicted molar refractivity (Wildman–Crippen MR) is 92.7 cm³/mol. The molecule has 3 aromatic rings.